The Labute approximate surface area is 134 Å². The Kier molecular flexibility index (Phi) is 4.77. The molecule has 114 valence electrons. The molecule has 0 heterocycles. The van der Waals surface area contributed by atoms with Crippen molar-refractivity contribution in [2.75, 3.05) is 12.4 Å². The highest BCUT2D eigenvalue weighted by Gasteiger charge is 2.15. The van der Waals surface area contributed by atoms with Gasteiger partial charge in [0.2, 0.25) is 5.91 Å². The number of anilines is 1. The van der Waals surface area contributed by atoms with Crippen molar-refractivity contribution in [3.63, 3.8) is 0 Å². The van der Waals surface area contributed by atoms with Crippen molar-refractivity contribution in [1.82, 2.24) is 0 Å². The summed E-state index contributed by atoms with van der Waals surface area (Å²) in [4.78, 5) is 23.5. The normalized spacial score (nSPS) is 10.1. The summed E-state index contributed by atoms with van der Waals surface area (Å²) in [6.07, 6.45) is 0. The maximum Gasteiger partial charge on any atom is 0.257 e. The van der Waals surface area contributed by atoms with Gasteiger partial charge in [-0.15, -0.1) is 0 Å². The van der Waals surface area contributed by atoms with Gasteiger partial charge in [-0.25, -0.2) is 4.39 Å². The molecule has 5 nitrogen and oxygen atoms in total. The van der Waals surface area contributed by atoms with Gasteiger partial charge >= 0.3 is 0 Å². The molecule has 0 bridgehead atoms. The van der Waals surface area contributed by atoms with Crippen LogP contribution in [0.4, 0.5) is 10.1 Å². The van der Waals surface area contributed by atoms with Crippen LogP contribution in [0, 0.1) is 5.82 Å². The van der Waals surface area contributed by atoms with E-state index in [0.717, 1.165) is 6.07 Å². The number of rotatable bonds is 4. The largest absolute Gasteiger partial charge is 0.495 e. The van der Waals surface area contributed by atoms with Gasteiger partial charge in [0.15, 0.2) is 0 Å². The van der Waals surface area contributed by atoms with Crippen LogP contribution in [0.2, 0.25) is 0 Å². The quantitative estimate of drug-likeness (QED) is 0.872. The maximum atomic E-state index is 13.3. The van der Waals surface area contributed by atoms with Crippen LogP contribution in [0.15, 0.2) is 40.9 Å². The molecule has 2 amide bonds. The maximum absolute atomic E-state index is 13.3. The second-order valence-electron chi connectivity index (χ2n) is 4.36. The number of nitrogens with one attached hydrogen (secondary N) is 1. The summed E-state index contributed by atoms with van der Waals surface area (Å²) < 4.78 is 18.8. The molecule has 0 saturated carbocycles. The van der Waals surface area contributed by atoms with E-state index in [9.17, 15) is 14.0 Å². The first-order valence-electron chi connectivity index (χ1n) is 6.16. The molecule has 0 aliphatic rings. The Morgan fingerprint density at radius 3 is 2.59 bits per heavy atom. The second kappa shape index (κ2) is 6.57. The Morgan fingerprint density at radius 1 is 1.23 bits per heavy atom. The third kappa shape index (κ3) is 3.43. The summed E-state index contributed by atoms with van der Waals surface area (Å²) in [6, 6.07) is 8.15. The number of carbonyl (C=O) groups excluding carboxylic acids is 2. The topological polar surface area (TPSA) is 81.4 Å². The number of halogens is 2. The van der Waals surface area contributed by atoms with Gasteiger partial charge in [-0.05, 0) is 52.3 Å². The average molecular weight is 367 g/mol. The minimum atomic E-state index is -0.634. The van der Waals surface area contributed by atoms with E-state index < -0.39 is 17.6 Å². The number of carbonyl (C=O) groups is 2. The number of benzene rings is 2. The second-order valence-corrected chi connectivity index (χ2v) is 5.21. The van der Waals surface area contributed by atoms with Gasteiger partial charge in [-0.2, -0.15) is 0 Å². The van der Waals surface area contributed by atoms with E-state index in [-0.39, 0.29) is 16.8 Å². The SMILES string of the molecule is COc1ccc(C(N)=O)cc1NC(=O)c1cc(F)ccc1Br. The van der Waals surface area contributed by atoms with Gasteiger partial charge in [0.1, 0.15) is 11.6 Å². The molecule has 7 heteroatoms. The number of ether oxygens (including phenoxy) is 1. The molecule has 0 saturated heterocycles. The van der Waals surface area contributed by atoms with Gasteiger partial charge in [-0.1, -0.05) is 0 Å². The van der Waals surface area contributed by atoms with Crippen molar-refractivity contribution >= 4 is 33.4 Å². The Hall–Kier alpha value is -2.41. The monoisotopic (exact) mass is 366 g/mol. The first-order valence-corrected chi connectivity index (χ1v) is 6.96. The number of methoxy groups -OCH3 is 1. The number of hydrogen-bond acceptors (Lipinski definition) is 3. The molecular weight excluding hydrogens is 355 g/mol. The lowest BCUT2D eigenvalue weighted by Gasteiger charge is -2.12. The minimum absolute atomic E-state index is 0.117. The van der Waals surface area contributed by atoms with Crippen LogP contribution in [0.3, 0.4) is 0 Å². The van der Waals surface area contributed by atoms with Crippen molar-refractivity contribution in [2.24, 2.45) is 5.73 Å². The van der Waals surface area contributed by atoms with Crippen molar-refractivity contribution in [3.8, 4) is 5.75 Å². The molecule has 0 radical (unpaired) electrons. The molecule has 0 fully saturated rings. The van der Waals surface area contributed by atoms with E-state index >= 15 is 0 Å². The summed E-state index contributed by atoms with van der Waals surface area (Å²) in [7, 11) is 1.42. The van der Waals surface area contributed by atoms with Crippen LogP contribution >= 0.6 is 15.9 Å². The van der Waals surface area contributed by atoms with Gasteiger partial charge in [0.05, 0.1) is 18.4 Å². The fraction of sp³-hybridized carbons (Fsp3) is 0.0667. The van der Waals surface area contributed by atoms with Gasteiger partial charge in [-0.3, -0.25) is 9.59 Å². The van der Waals surface area contributed by atoms with E-state index in [2.05, 4.69) is 21.2 Å². The highest BCUT2D eigenvalue weighted by Crippen LogP contribution is 2.27. The third-order valence-corrected chi connectivity index (χ3v) is 3.60. The van der Waals surface area contributed by atoms with Crippen molar-refractivity contribution < 1.29 is 18.7 Å². The number of nitrogens with two attached hydrogens (primary N) is 1. The molecule has 0 aromatic heterocycles. The van der Waals surface area contributed by atoms with Crippen LogP contribution in [-0.4, -0.2) is 18.9 Å². The minimum Gasteiger partial charge on any atom is -0.495 e. The summed E-state index contributed by atoms with van der Waals surface area (Å²) in [5, 5.41) is 2.57. The van der Waals surface area contributed by atoms with E-state index in [1.54, 1.807) is 0 Å². The van der Waals surface area contributed by atoms with Crippen molar-refractivity contribution in [2.45, 2.75) is 0 Å². The molecule has 2 aromatic carbocycles. The molecule has 2 rings (SSSR count). The molecule has 0 aliphatic carbocycles. The van der Waals surface area contributed by atoms with Crippen LogP contribution in [0.25, 0.3) is 0 Å². The molecule has 2 aromatic rings. The highest BCUT2D eigenvalue weighted by atomic mass is 79.9. The lowest BCUT2D eigenvalue weighted by molar-refractivity contribution is 0.0996. The Morgan fingerprint density at radius 2 is 1.95 bits per heavy atom. The molecule has 3 N–H and O–H groups in total. The summed E-state index contributed by atoms with van der Waals surface area (Å²) >= 11 is 3.18. The van der Waals surface area contributed by atoms with Crippen molar-refractivity contribution in [3.05, 3.63) is 57.8 Å². The predicted molar refractivity (Wildman–Crippen MR) is 83.6 cm³/mol. The third-order valence-electron chi connectivity index (χ3n) is 2.91. The molecular formula is C15H12BrFN2O3. The van der Waals surface area contributed by atoms with Crippen LogP contribution in [0.1, 0.15) is 20.7 Å². The van der Waals surface area contributed by atoms with E-state index in [1.807, 2.05) is 0 Å². The zero-order valence-corrected chi connectivity index (χ0v) is 13.1. The number of primary amides is 1. The number of amides is 2. The first kappa shape index (κ1) is 16.0. The number of hydrogen-bond donors (Lipinski definition) is 2. The van der Waals surface area contributed by atoms with Crippen molar-refractivity contribution in [1.29, 1.82) is 0 Å². The van der Waals surface area contributed by atoms with Gasteiger partial charge in [0, 0.05) is 10.0 Å². The smallest absolute Gasteiger partial charge is 0.257 e. The van der Waals surface area contributed by atoms with E-state index in [0.29, 0.717) is 10.2 Å². The van der Waals surface area contributed by atoms with Crippen LogP contribution in [0.5, 0.6) is 5.75 Å². The Balaban J connectivity index is 2.36. The zero-order valence-electron chi connectivity index (χ0n) is 11.5. The molecule has 22 heavy (non-hydrogen) atoms. The van der Waals surface area contributed by atoms with Crippen LogP contribution in [-0.2, 0) is 0 Å². The predicted octanol–water partition coefficient (Wildman–Crippen LogP) is 2.95. The average Bonchev–Trinajstić information content (AvgIpc) is 2.49. The van der Waals surface area contributed by atoms with Crippen LogP contribution < -0.4 is 15.8 Å². The highest BCUT2D eigenvalue weighted by molar-refractivity contribution is 9.10. The fourth-order valence-corrected chi connectivity index (χ4v) is 2.25. The zero-order chi connectivity index (χ0) is 16.3. The molecule has 0 atom stereocenters. The first-order chi connectivity index (χ1) is 10.4. The lowest BCUT2D eigenvalue weighted by Crippen LogP contribution is -2.16. The summed E-state index contributed by atoms with van der Waals surface area (Å²) in [5.74, 6) is -1.37. The van der Waals surface area contributed by atoms with E-state index in [4.69, 9.17) is 10.5 Å². The lowest BCUT2D eigenvalue weighted by atomic mass is 10.1. The summed E-state index contributed by atoms with van der Waals surface area (Å²) in [6.45, 7) is 0. The van der Waals surface area contributed by atoms with Gasteiger partial charge in [0.25, 0.3) is 5.91 Å². The molecule has 0 unspecified atom stereocenters. The van der Waals surface area contributed by atoms with Gasteiger partial charge < -0.3 is 15.8 Å². The molecule has 0 aliphatic heterocycles. The Bertz CT molecular complexity index is 750. The summed E-state index contributed by atoms with van der Waals surface area (Å²) in [5.41, 5.74) is 5.81. The van der Waals surface area contributed by atoms with E-state index in [1.165, 1.54) is 37.4 Å². The molecule has 0 spiro atoms. The standard InChI is InChI=1S/C15H12BrFN2O3/c1-22-13-5-2-8(14(18)20)6-12(13)19-15(21)10-7-9(17)3-4-11(10)16/h2-7H,1H3,(H2,18,20)(H,19,21). The fourth-order valence-electron chi connectivity index (χ4n) is 1.82.